The molecule has 0 aliphatic rings. The van der Waals surface area contributed by atoms with Crippen LogP contribution in [-0.4, -0.2) is 27.9 Å². The Labute approximate surface area is 162 Å². The van der Waals surface area contributed by atoms with Gasteiger partial charge in [-0.05, 0) is 37.3 Å². The molecule has 0 bridgehead atoms. The van der Waals surface area contributed by atoms with Gasteiger partial charge >= 0.3 is 0 Å². The maximum Gasteiger partial charge on any atom is 0.274 e. The highest BCUT2D eigenvalue weighted by molar-refractivity contribution is 6.07. The van der Waals surface area contributed by atoms with Gasteiger partial charge in [-0.3, -0.25) is 9.78 Å². The highest BCUT2D eigenvalue weighted by atomic mass is 16.1. The van der Waals surface area contributed by atoms with Gasteiger partial charge in [0, 0.05) is 30.0 Å². The molecule has 0 spiro atoms. The van der Waals surface area contributed by atoms with Crippen LogP contribution < -0.4 is 10.2 Å². The van der Waals surface area contributed by atoms with Gasteiger partial charge < -0.3 is 10.2 Å². The third kappa shape index (κ3) is 3.53. The number of carbonyl (C=O) groups excluding carboxylic acids is 1. The second-order valence-electron chi connectivity index (χ2n) is 6.42. The fourth-order valence-corrected chi connectivity index (χ4v) is 2.98. The van der Waals surface area contributed by atoms with E-state index in [1.165, 1.54) is 0 Å². The molecule has 0 saturated carbocycles. The molecule has 0 aliphatic heterocycles. The zero-order valence-corrected chi connectivity index (χ0v) is 15.6. The Morgan fingerprint density at radius 3 is 2.57 bits per heavy atom. The average molecular weight is 369 g/mol. The van der Waals surface area contributed by atoms with E-state index < -0.39 is 0 Å². The van der Waals surface area contributed by atoms with Crippen molar-refractivity contribution in [3.63, 3.8) is 0 Å². The van der Waals surface area contributed by atoms with Crippen molar-refractivity contribution >= 4 is 34.1 Å². The van der Waals surface area contributed by atoms with E-state index in [-0.39, 0.29) is 5.91 Å². The van der Waals surface area contributed by atoms with E-state index in [2.05, 4.69) is 20.3 Å². The molecule has 0 unspecified atom stereocenters. The number of nitrogens with one attached hydrogen (secondary N) is 1. The molecule has 4 aromatic rings. The molecular formula is C22H19N5O. The van der Waals surface area contributed by atoms with E-state index in [1.807, 2.05) is 79.5 Å². The number of carbonyl (C=O) groups is 1. The molecule has 0 radical (unpaired) electrons. The van der Waals surface area contributed by atoms with Crippen LogP contribution in [0.25, 0.3) is 10.9 Å². The number of rotatable bonds is 4. The van der Waals surface area contributed by atoms with E-state index in [0.717, 1.165) is 16.6 Å². The molecule has 2 aromatic heterocycles. The first-order valence-electron chi connectivity index (χ1n) is 8.91. The first-order valence-corrected chi connectivity index (χ1v) is 8.91. The van der Waals surface area contributed by atoms with Gasteiger partial charge in [0.2, 0.25) is 5.95 Å². The fourth-order valence-electron chi connectivity index (χ4n) is 2.98. The lowest BCUT2D eigenvalue weighted by Gasteiger charge is -2.18. The zero-order valence-electron chi connectivity index (χ0n) is 15.6. The second kappa shape index (κ2) is 7.44. The Morgan fingerprint density at radius 2 is 1.75 bits per heavy atom. The Hall–Kier alpha value is -3.80. The highest BCUT2D eigenvalue weighted by Crippen LogP contribution is 2.23. The summed E-state index contributed by atoms with van der Waals surface area (Å²) in [5.74, 6) is 0.166. The Morgan fingerprint density at radius 1 is 0.964 bits per heavy atom. The zero-order chi connectivity index (χ0) is 19.5. The molecule has 0 aliphatic carbocycles. The van der Waals surface area contributed by atoms with Crippen LogP contribution in [0.5, 0.6) is 0 Å². The van der Waals surface area contributed by atoms with Gasteiger partial charge in [-0.15, -0.1) is 0 Å². The summed E-state index contributed by atoms with van der Waals surface area (Å²) in [5.41, 5.74) is 3.35. The fraction of sp³-hybridized carbons (Fsp3) is 0.0909. The van der Waals surface area contributed by atoms with Crippen molar-refractivity contribution in [2.45, 2.75) is 6.92 Å². The predicted octanol–water partition coefficient (Wildman–Crippen LogP) is 4.35. The largest absolute Gasteiger partial charge is 0.319 e. The SMILES string of the molecule is Cc1cc(C(=O)Nc2cccc3cccnc23)nc(N(C)c2ccccc2)n1. The Bertz CT molecular complexity index is 1140. The van der Waals surface area contributed by atoms with Crippen molar-refractivity contribution in [3.8, 4) is 0 Å². The van der Waals surface area contributed by atoms with E-state index in [1.54, 1.807) is 12.3 Å². The molecule has 0 fully saturated rings. The second-order valence-corrected chi connectivity index (χ2v) is 6.42. The predicted molar refractivity (Wildman–Crippen MR) is 111 cm³/mol. The van der Waals surface area contributed by atoms with Crippen molar-refractivity contribution in [2.75, 3.05) is 17.3 Å². The smallest absolute Gasteiger partial charge is 0.274 e. The summed E-state index contributed by atoms with van der Waals surface area (Å²) in [6, 6.07) is 21.0. The third-order valence-corrected chi connectivity index (χ3v) is 4.40. The van der Waals surface area contributed by atoms with Crippen LogP contribution in [0.2, 0.25) is 0 Å². The minimum absolute atomic E-state index is 0.300. The number of pyridine rings is 1. The monoisotopic (exact) mass is 369 g/mol. The van der Waals surface area contributed by atoms with Crippen LogP contribution in [0.4, 0.5) is 17.3 Å². The number of benzene rings is 2. The molecule has 0 atom stereocenters. The summed E-state index contributed by atoms with van der Waals surface area (Å²) < 4.78 is 0. The molecule has 28 heavy (non-hydrogen) atoms. The maximum absolute atomic E-state index is 12.9. The summed E-state index contributed by atoms with van der Waals surface area (Å²) in [5, 5.41) is 3.89. The van der Waals surface area contributed by atoms with Crippen LogP contribution in [0, 0.1) is 6.92 Å². The molecule has 6 nitrogen and oxygen atoms in total. The molecule has 0 saturated heterocycles. The number of hydrogen-bond donors (Lipinski definition) is 1. The number of aromatic nitrogens is 3. The van der Waals surface area contributed by atoms with Crippen molar-refractivity contribution in [3.05, 3.63) is 84.3 Å². The lowest BCUT2D eigenvalue weighted by Crippen LogP contribution is -2.19. The Balaban J connectivity index is 1.65. The molecule has 4 rings (SSSR count). The summed E-state index contributed by atoms with van der Waals surface area (Å²) in [6.45, 7) is 1.85. The molecule has 2 heterocycles. The topological polar surface area (TPSA) is 71.0 Å². The maximum atomic E-state index is 12.9. The van der Waals surface area contributed by atoms with Crippen LogP contribution in [0.1, 0.15) is 16.2 Å². The average Bonchev–Trinajstić information content (AvgIpc) is 2.73. The van der Waals surface area contributed by atoms with Crippen molar-refractivity contribution in [2.24, 2.45) is 0 Å². The Kier molecular flexibility index (Phi) is 4.68. The van der Waals surface area contributed by atoms with Gasteiger partial charge in [0.15, 0.2) is 0 Å². The van der Waals surface area contributed by atoms with Crippen molar-refractivity contribution in [1.29, 1.82) is 0 Å². The summed E-state index contributed by atoms with van der Waals surface area (Å²) in [7, 11) is 1.88. The van der Waals surface area contributed by atoms with Gasteiger partial charge in [-0.2, -0.15) is 0 Å². The van der Waals surface area contributed by atoms with Crippen LogP contribution in [0.3, 0.4) is 0 Å². The molecule has 6 heteroatoms. The summed E-state index contributed by atoms with van der Waals surface area (Å²) in [4.78, 5) is 28.0. The number of anilines is 3. The molecule has 1 amide bonds. The summed E-state index contributed by atoms with van der Waals surface area (Å²) in [6.07, 6.45) is 1.71. The number of amides is 1. The highest BCUT2D eigenvalue weighted by Gasteiger charge is 2.15. The number of aryl methyl sites for hydroxylation is 1. The lowest BCUT2D eigenvalue weighted by molar-refractivity contribution is 0.102. The quantitative estimate of drug-likeness (QED) is 0.579. The van der Waals surface area contributed by atoms with Crippen molar-refractivity contribution in [1.82, 2.24) is 15.0 Å². The number of hydrogen-bond acceptors (Lipinski definition) is 5. The van der Waals surface area contributed by atoms with Crippen LogP contribution >= 0.6 is 0 Å². The molecule has 138 valence electrons. The van der Waals surface area contributed by atoms with Gasteiger partial charge in [0.25, 0.3) is 5.91 Å². The third-order valence-electron chi connectivity index (χ3n) is 4.40. The first kappa shape index (κ1) is 17.6. The van der Waals surface area contributed by atoms with Crippen LogP contribution in [0.15, 0.2) is 72.9 Å². The van der Waals surface area contributed by atoms with Gasteiger partial charge in [0.1, 0.15) is 5.69 Å². The standard InChI is InChI=1S/C22H19N5O/c1-15-14-19(26-22(24-15)27(2)17-10-4-3-5-11-17)21(28)25-18-12-6-8-16-9-7-13-23-20(16)18/h3-14H,1-2H3,(H,25,28). The number of para-hydroxylation sites is 2. The van der Waals surface area contributed by atoms with E-state index in [4.69, 9.17) is 0 Å². The summed E-state index contributed by atoms with van der Waals surface area (Å²) >= 11 is 0. The van der Waals surface area contributed by atoms with E-state index in [0.29, 0.717) is 23.0 Å². The van der Waals surface area contributed by atoms with Crippen molar-refractivity contribution < 1.29 is 4.79 Å². The molecule has 1 N–H and O–H groups in total. The normalized spacial score (nSPS) is 10.6. The lowest BCUT2D eigenvalue weighted by atomic mass is 10.2. The molecule has 2 aromatic carbocycles. The minimum atomic E-state index is -0.300. The van der Waals surface area contributed by atoms with E-state index in [9.17, 15) is 4.79 Å². The number of nitrogens with zero attached hydrogens (tertiary/aromatic N) is 4. The van der Waals surface area contributed by atoms with Gasteiger partial charge in [-0.25, -0.2) is 9.97 Å². The van der Waals surface area contributed by atoms with Gasteiger partial charge in [-0.1, -0.05) is 36.4 Å². The minimum Gasteiger partial charge on any atom is -0.319 e. The first-order chi connectivity index (χ1) is 13.6. The van der Waals surface area contributed by atoms with Gasteiger partial charge in [0.05, 0.1) is 11.2 Å². The van der Waals surface area contributed by atoms with E-state index >= 15 is 0 Å². The van der Waals surface area contributed by atoms with Crippen LogP contribution in [-0.2, 0) is 0 Å². The number of fused-ring (bicyclic) bond motifs is 1. The molecular weight excluding hydrogens is 350 g/mol.